The first kappa shape index (κ1) is 16.4. The first-order valence-electron chi connectivity index (χ1n) is 7.19. The SMILES string of the molecule is COc1ccccc1NC(=O)[C@@H](C)Sc1ccc(C)cc1C. The number of aryl methyl sites for hydroxylation is 2. The number of thioether (sulfide) groups is 1. The molecule has 3 nitrogen and oxygen atoms in total. The predicted molar refractivity (Wildman–Crippen MR) is 92.9 cm³/mol. The molecule has 22 heavy (non-hydrogen) atoms. The molecule has 0 saturated carbocycles. The summed E-state index contributed by atoms with van der Waals surface area (Å²) in [4.78, 5) is 13.5. The van der Waals surface area contributed by atoms with Crippen LogP contribution in [0.2, 0.25) is 0 Å². The summed E-state index contributed by atoms with van der Waals surface area (Å²) in [5.74, 6) is 0.633. The van der Waals surface area contributed by atoms with E-state index >= 15 is 0 Å². The summed E-state index contributed by atoms with van der Waals surface area (Å²) >= 11 is 1.57. The fourth-order valence-corrected chi connectivity index (χ4v) is 3.10. The van der Waals surface area contributed by atoms with Gasteiger partial charge in [0.1, 0.15) is 5.75 Å². The van der Waals surface area contributed by atoms with E-state index in [0.29, 0.717) is 11.4 Å². The van der Waals surface area contributed by atoms with Crippen molar-refractivity contribution in [2.75, 3.05) is 12.4 Å². The molecule has 2 aromatic carbocycles. The van der Waals surface area contributed by atoms with Gasteiger partial charge in [-0.15, -0.1) is 11.8 Å². The van der Waals surface area contributed by atoms with Crippen molar-refractivity contribution >= 4 is 23.4 Å². The van der Waals surface area contributed by atoms with Crippen LogP contribution >= 0.6 is 11.8 Å². The van der Waals surface area contributed by atoms with E-state index < -0.39 is 0 Å². The maximum Gasteiger partial charge on any atom is 0.237 e. The Hall–Kier alpha value is -1.94. The molecule has 0 bridgehead atoms. The van der Waals surface area contributed by atoms with Gasteiger partial charge in [0.25, 0.3) is 0 Å². The Balaban J connectivity index is 2.06. The van der Waals surface area contributed by atoms with Gasteiger partial charge in [-0.25, -0.2) is 0 Å². The second kappa shape index (κ2) is 7.36. The Morgan fingerprint density at radius 1 is 1.18 bits per heavy atom. The predicted octanol–water partition coefficient (Wildman–Crippen LogP) is 4.43. The summed E-state index contributed by atoms with van der Waals surface area (Å²) in [5, 5.41) is 2.74. The zero-order valence-corrected chi connectivity index (χ0v) is 14.2. The normalized spacial score (nSPS) is 11.8. The van der Waals surface area contributed by atoms with Crippen LogP contribution in [0.4, 0.5) is 5.69 Å². The van der Waals surface area contributed by atoms with Crippen molar-refractivity contribution in [1.29, 1.82) is 0 Å². The van der Waals surface area contributed by atoms with Gasteiger partial charge in [-0.1, -0.05) is 29.8 Å². The minimum Gasteiger partial charge on any atom is -0.495 e. The van der Waals surface area contributed by atoms with E-state index in [1.54, 1.807) is 18.9 Å². The average Bonchev–Trinajstić information content (AvgIpc) is 2.50. The summed E-state index contributed by atoms with van der Waals surface area (Å²) < 4.78 is 5.25. The number of hydrogen-bond acceptors (Lipinski definition) is 3. The number of carbonyl (C=O) groups excluding carboxylic acids is 1. The highest BCUT2D eigenvalue weighted by atomic mass is 32.2. The Bertz CT molecular complexity index is 670. The molecule has 4 heteroatoms. The molecule has 0 spiro atoms. The lowest BCUT2D eigenvalue weighted by atomic mass is 10.2. The number of methoxy groups -OCH3 is 1. The van der Waals surface area contributed by atoms with Crippen LogP contribution in [0.5, 0.6) is 5.75 Å². The molecule has 0 aromatic heterocycles. The van der Waals surface area contributed by atoms with Gasteiger partial charge in [-0.05, 0) is 44.5 Å². The highest BCUT2D eigenvalue weighted by Crippen LogP contribution is 2.29. The van der Waals surface area contributed by atoms with E-state index in [2.05, 4.69) is 37.4 Å². The zero-order valence-electron chi connectivity index (χ0n) is 13.3. The first-order chi connectivity index (χ1) is 10.5. The number of para-hydroxylation sites is 2. The zero-order chi connectivity index (χ0) is 16.1. The largest absolute Gasteiger partial charge is 0.495 e. The molecule has 0 aliphatic rings. The molecule has 0 radical (unpaired) electrons. The Kier molecular flexibility index (Phi) is 5.50. The summed E-state index contributed by atoms with van der Waals surface area (Å²) in [6, 6.07) is 13.7. The van der Waals surface area contributed by atoms with E-state index in [9.17, 15) is 4.79 Å². The van der Waals surface area contributed by atoms with Crippen molar-refractivity contribution in [2.45, 2.75) is 30.9 Å². The van der Waals surface area contributed by atoms with Crippen LogP contribution in [0.15, 0.2) is 47.4 Å². The molecular weight excluding hydrogens is 294 g/mol. The standard InChI is InChI=1S/C18H21NO2S/c1-12-9-10-17(13(2)11-12)22-14(3)18(20)19-15-7-5-6-8-16(15)21-4/h5-11,14H,1-4H3,(H,19,20)/t14-/m1/s1. The number of anilines is 1. The van der Waals surface area contributed by atoms with Crippen molar-refractivity contribution < 1.29 is 9.53 Å². The number of carbonyl (C=O) groups is 1. The lowest BCUT2D eigenvalue weighted by Gasteiger charge is -2.15. The second-order valence-corrected chi connectivity index (χ2v) is 6.60. The summed E-state index contributed by atoms with van der Waals surface area (Å²) in [6.45, 7) is 6.05. The highest BCUT2D eigenvalue weighted by molar-refractivity contribution is 8.00. The molecule has 1 N–H and O–H groups in total. The number of ether oxygens (including phenoxy) is 1. The van der Waals surface area contributed by atoms with Crippen LogP contribution < -0.4 is 10.1 Å². The van der Waals surface area contributed by atoms with Crippen molar-refractivity contribution in [2.24, 2.45) is 0 Å². The van der Waals surface area contributed by atoms with Crippen molar-refractivity contribution in [3.05, 3.63) is 53.6 Å². The molecule has 0 saturated heterocycles. The van der Waals surface area contributed by atoms with Gasteiger partial charge in [-0.3, -0.25) is 4.79 Å². The van der Waals surface area contributed by atoms with Gasteiger partial charge < -0.3 is 10.1 Å². The van der Waals surface area contributed by atoms with Gasteiger partial charge in [-0.2, -0.15) is 0 Å². The highest BCUT2D eigenvalue weighted by Gasteiger charge is 2.17. The van der Waals surface area contributed by atoms with Crippen LogP contribution in [0, 0.1) is 13.8 Å². The molecule has 0 aliphatic heterocycles. The smallest absolute Gasteiger partial charge is 0.237 e. The lowest BCUT2D eigenvalue weighted by Crippen LogP contribution is -2.22. The Labute approximate surface area is 136 Å². The quantitative estimate of drug-likeness (QED) is 0.829. The van der Waals surface area contributed by atoms with Crippen LogP contribution in [-0.4, -0.2) is 18.3 Å². The molecule has 2 aromatic rings. The van der Waals surface area contributed by atoms with Crippen LogP contribution in [0.25, 0.3) is 0 Å². The maximum atomic E-state index is 12.4. The number of amides is 1. The monoisotopic (exact) mass is 315 g/mol. The third-order valence-electron chi connectivity index (χ3n) is 3.37. The Morgan fingerprint density at radius 3 is 2.59 bits per heavy atom. The van der Waals surface area contributed by atoms with E-state index in [0.717, 1.165) is 4.90 Å². The summed E-state index contributed by atoms with van der Waals surface area (Å²) in [7, 11) is 1.60. The molecule has 0 unspecified atom stereocenters. The van der Waals surface area contributed by atoms with Crippen molar-refractivity contribution in [3.8, 4) is 5.75 Å². The second-order valence-electron chi connectivity index (χ2n) is 5.22. The van der Waals surface area contributed by atoms with Crippen LogP contribution in [-0.2, 0) is 4.79 Å². The van der Waals surface area contributed by atoms with Crippen molar-refractivity contribution in [3.63, 3.8) is 0 Å². The number of rotatable bonds is 5. The molecule has 1 amide bonds. The first-order valence-corrected chi connectivity index (χ1v) is 8.07. The molecule has 0 aliphatic carbocycles. The van der Waals surface area contributed by atoms with Crippen LogP contribution in [0.3, 0.4) is 0 Å². The average molecular weight is 315 g/mol. The summed E-state index contributed by atoms with van der Waals surface area (Å²) in [6.07, 6.45) is 0. The van der Waals surface area contributed by atoms with E-state index in [4.69, 9.17) is 4.74 Å². The summed E-state index contributed by atoms with van der Waals surface area (Å²) in [5.41, 5.74) is 3.12. The van der Waals surface area contributed by atoms with Gasteiger partial charge >= 0.3 is 0 Å². The van der Waals surface area contributed by atoms with E-state index in [-0.39, 0.29) is 11.2 Å². The molecule has 0 heterocycles. The molecular formula is C18H21NO2S. The fraction of sp³-hybridized carbons (Fsp3) is 0.278. The maximum absolute atomic E-state index is 12.4. The van der Waals surface area contributed by atoms with Gasteiger partial charge in [0.2, 0.25) is 5.91 Å². The van der Waals surface area contributed by atoms with Gasteiger partial charge in [0.05, 0.1) is 18.0 Å². The van der Waals surface area contributed by atoms with Gasteiger partial charge in [0.15, 0.2) is 0 Å². The molecule has 2 rings (SSSR count). The fourth-order valence-electron chi connectivity index (χ4n) is 2.16. The van der Waals surface area contributed by atoms with Crippen molar-refractivity contribution in [1.82, 2.24) is 0 Å². The molecule has 0 fully saturated rings. The molecule has 1 atom stereocenters. The molecule has 116 valence electrons. The lowest BCUT2D eigenvalue weighted by molar-refractivity contribution is -0.115. The number of hydrogen-bond donors (Lipinski definition) is 1. The van der Waals surface area contributed by atoms with E-state index in [1.807, 2.05) is 31.2 Å². The van der Waals surface area contributed by atoms with E-state index in [1.165, 1.54) is 11.1 Å². The third-order valence-corrected chi connectivity index (χ3v) is 4.65. The number of nitrogens with one attached hydrogen (secondary N) is 1. The number of benzene rings is 2. The minimum absolute atomic E-state index is 0.0329. The topological polar surface area (TPSA) is 38.3 Å². The van der Waals surface area contributed by atoms with Crippen LogP contribution in [0.1, 0.15) is 18.1 Å². The minimum atomic E-state index is -0.189. The Morgan fingerprint density at radius 2 is 1.91 bits per heavy atom. The van der Waals surface area contributed by atoms with Gasteiger partial charge in [0, 0.05) is 4.90 Å². The third kappa shape index (κ3) is 4.04.